The van der Waals surface area contributed by atoms with E-state index in [0.29, 0.717) is 5.91 Å². The third-order valence-electron chi connectivity index (χ3n) is 6.35. The molecule has 2 heterocycles. The molecule has 1 saturated carbocycles. The molecule has 3 aliphatic rings. The van der Waals surface area contributed by atoms with Crippen LogP contribution in [0.15, 0.2) is 24.3 Å². The summed E-state index contributed by atoms with van der Waals surface area (Å²) in [6, 6.07) is 8.27. The predicted molar refractivity (Wildman–Crippen MR) is 103 cm³/mol. The Hall–Kier alpha value is -2.04. The summed E-state index contributed by atoms with van der Waals surface area (Å²) >= 11 is 0. The van der Waals surface area contributed by atoms with Gasteiger partial charge in [0.25, 0.3) is 0 Å². The van der Waals surface area contributed by atoms with Crippen LogP contribution in [0.2, 0.25) is 0 Å². The third-order valence-corrected chi connectivity index (χ3v) is 6.35. The summed E-state index contributed by atoms with van der Waals surface area (Å²) in [4.78, 5) is 29.6. The van der Waals surface area contributed by atoms with Crippen LogP contribution in [-0.4, -0.2) is 48.4 Å². The lowest BCUT2D eigenvalue weighted by Crippen LogP contribution is -2.47. The van der Waals surface area contributed by atoms with Gasteiger partial charge in [-0.05, 0) is 62.6 Å². The van der Waals surface area contributed by atoms with E-state index in [0.717, 1.165) is 70.3 Å². The molecule has 0 aromatic heterocycles. The van der Waals surface area contributed by atoms with Gasteiger partial charge in [-0.25, -0.2) is 0 Å². The van der Waals surface area contributed by atoms with Crippen molar-refractivity contribution in [2.45, 2.75) is 51.0 Å². The molecular formula is C22H30N2O3. The zero-order chi connectivity index (χ0) is 18.8. The van der Waals surface area contributed by atoms with E-state index >= 15 is 0 Å². The second kappa shape index (κ2) is 7.91. The minimum atomic E-state index is 0.0551. The molecular weight excluding hydrogens is 340 g/mol. The van der Waals surface area contributed by atoms with Gasteiger partial charge in [0.05, 0.1) is 13.2 Å². The molecule has 2 aliphatic heterocycles. The summed E-state index contributed by atoms with van der Waals surface area (Å²) < 4.78 is 5.38. The lowest BCUT2D eigenvalue weighted by Gasteiger charge is -2.40. The Morgan fingerprint density at radius 2 is 1.67 bits per heavy atom. The molecule has 2 amide bonds. The van der Waals surface area contributed by atoms with Crippen molar-refractivity contribution >= 4 is 11.8 Å². The van der Waals surface area contributed by atoms with Crippen LogP contribution in [-0.2, 0) is 9.59 Å². The maximum atomic E-state index is 13.3. The van der Waals surface area contributed by atoms with E-state index in [4.69, 9.17) is 4.74 Å². The average molecular weight is 370 g/mol. The summed E-state index contributed by atoms with van der Waals surface area (Å²) in [5.41, 5.74) is 1.17. The van der Waals surface area contributed by atoms with Crippen LogP contribution in [0.5, 0.6) is 5.75 Å². The highest BCUT2D eigenvalue weighted by Crippen LogP contribution is 2.36. The molecule has 27 heavy (non-hydrogen) atoms. The lowest BCUT2D eigenvalue weighted by atomic mass is 9.90. The van der Waals surface area contributed by atoms with Gasteiger partial charge in [0.15, 0.2) is 0 Å². The second-order valence-corrected chi connectivity index (χ2v) is 8.19. The number of piperidine rings is 2. The van der Waals surface area contributed by atoms with Crippen LogP contribution in [0.3, 0.4) is 0 Å². The molecule has 1 aromatic rings. The van der Waals surface area contributed by atoms with Crippen LogP contribution in [0, 0.1) is 11.8 Å². The molecule has 1 aromatic carbocycles. The first kappa shape index (κ1) is 18.3. The van der Waals surface area contributed by atoms with E-state index in [2.05, 4.69) is 17.0 Å². The molecule has 146 valence electrons. The van der Waals surface area contributed by atoms with Crippen molar-refractivity contribution < 1.29 is 14.3 Å². The average Bonchev–Trinajstić information content (AvgIpc) is 3.58. The summed E-state index contributed by atoms with van der Waals surface area (Å²) in [5, 5.41) is 0. The second-order valence-electron chi connectivity index (χ2n) is 8.19. The number of hydrogen-bond acceptors (Lipinski definition) is 3. The first-order valence-electron chi connectivity index (χ1n) is 10.4. The van der Waals surface area contributed by atoms with Crippen molar-refractivity contribution in [1.82, 2.24) is 9.80 Å². The predicted octanol–water partition coefficient (Wildman–Crippen LogP) is 3.40. The van der Waals surface area contributed by atoms with Gasteiger partial charge in [0.1, 0.15) is 5.75 Å². The number of rotatable bonds is 4. The molecule has 2 saturated heterocycles. The number of amides is 2. The first-order valence-corrected chi connectivity index (χ1v) is 10.4. The fourth-order valence-electron chi connectivity index (χ4n) is 4.56. The Bertz CT molecular complexity index is 693. The summed E-state index contributed by atoms with van der Waals surface area (Å²) in [6.45, 7) is 2.31. The molecule has 5 heteroatoms. The number of carbonyl (C=O) groups is 2. The van der Waals surface area contributed by atoms with Crippen molar-refractivity contribution in [3.8, 4) is 5.75 Å². The normalized spacial score (nSPS) is 24.0. The Kier molecular flexibility index (Phi) is 5.37. The number of nitrogens with zero attached hydrogens (tertiary/aromatic N) is 2. The van der Waals surface area contributed by atoms with Gasteiger partial charge in [-0.3, -0.25) is 9.59 Å². The van der Waals surface area contributed by atoms with E-state index in [1.54, 1.807) is 7.11 Å². The van der Waals surface area contributed by atoms with Crippen LogP contribution in [0.4, 0.5) is 0 Å². The highest BCUT2D eigenvalue weighted by molar-refractivity contribution is 5.82. The molecule has 0 N–H and O–H groups in total. The molecule has 0 unspecified atom stereocenters. The quantitative estimate of drug-likeness (QED) is 0.816. The van der Waals surface area contributed by atoms with Crippen molar-refractivity contribution in [1.29, 1.82) is 0 Å². The Morgan fingerprint density at radius 3 is 2.37 bits per heavy atom. The fourth-order valence-corrected chi connectivity index (χ4v) is 4.56. The first-order chi connectivity index (χ1) is 13.2. The van der Waals surface area contributed by atoms with Gasteiger partial charge in [-0.15, -0.1) is 0 Å². The van der Waals surface area contributed by atoms with Crippen molar-refractivity contribution in [3.63, 3.8) is 0 Å². The van der Waals surface area contributed by atoms with E-state index in [1.165, 1.54) is 5.56 Å². The zero-order valence-corrected chi connectivity index (χ0v) is 16.2. The number of hydrogen-bond donors (Lipinski definition) is 0. The van der Waals surface area contributed by atoms with Gasteiger partial charge in [-0.2, -0.15) is 0 Å². The van der Waals surface area contributed by atoms with Crippen LogP contribution in [0.1, 0.15) is 56.6 Å². The molecule has 0 spiro atoms. The van der Waals surface area contributed by atoms with Gasteiger partial charge < -0.3 is 14.5 Å². The van der Waals surface area contributed by atoms with E-state index < -0.39 is 0 Å². The minimum Gasteiger partial charge on any atom is -0.497 e. The third kappa shape index (κ3) is 3.97. The smallest absolute Gasteiger partial charge is 0.226 e. The maximum Gasteiger partial charge on any atom is 0.226 e. The van der Waals surface area contributed by atoms with Gasteiger partial charge in [0, 0.05) is 31.5 Å². The van der Waals surface area contributed by atoms with Gasteiger partial charge >= 0.3 is 0 Å². The number of likely N-dealkylation sites (tertiary alicyclic amines) is 2. The highest BCUT2D eigenvalue weighted by Gasteiger charge is 2.38. The molecule has 4 rings (SSSR count). The van der Waals surface area contributed by atoms with Crippen molar-refractivity contribution in [3.05, 3.63) is 29.8 Å². The summed E-state index contributed by atoms with van der Waals surface area (Å²) in [6.07, 6.45) is 6.95. The fraction of sp³-hybridized carbons (Fsp3) is 0.636. The molecule has 1 atom stereocenters. The summed E-state index contributed by atoms with van der Waals surface area (Å²) in [7, 11) is 1.68. The van der Waals surface area contributed by atoms with Crippen molar-refractivity contribution in [2.75, 3.05) is 26.7 Å². The van der Waals surface area contributed by atoms with E-state index in [1.807, 2.05) is 17.0 Å². The molecule has 1 aliphatic carbocycles. The zero-order valence-electron chi connectivity index (χ0n) is 16.2. The van der Waals surface area contributed by atoms with E-state index in [9.17, 15) is 9.59 Å². The Morgan fingerprint density at radius 1 is 0.926 bits per heavy atom. The van der Waals surface area contributed by atoms with Crippen LogP contribution >= 0.6 is 0 Å². The maximum absolute atomic E-state index is 13.3. The number of methoxy groups -OCH3 is 1. The largest absolute Gasteiger partial charge is 0.497 e. The number of ether oxygens (including phenoxy) is 1. The number of benzene rings is 1. The Balaban J connectivity index is 1.42. The SMILES string of the molecule is COc1cccc([C@@H]2CCCCN2C(=O)C2CCN(C(=O)C3CC3)CC2)c1. The van der Waals surface area contributed by atoms with E-state index in [-0.39, 0.29) is 23.8 Å². The van der Waals surface area contributed by atoms with Gasteiger partial charge in [-0.1, -0.05) is 12.1 Å². The minimum absolute atomic E-state index is 0.0551. The Labute approximate surface area is 161 Å². The van der Waals surface area contributed by atoms with Crippen molar-refractivity contribution in [2.24, 2.45) is 11.8 Å². The lowest BCUT2D eigenvalue weighted by molar-refractivity contribution is -0.144. The van der Waals surface area contributed by atoms with Gasteiger partial charge in [0.2, 0.25) is 11.8 Å². The monoisotopic (exact) mass is 370 g/mol. The molecule has 5 nitrogen and oxygen atoms in total. The molecule has 3 fully saturated rings. The standard InChI is InChI=1S/C22H30N2O3/c1-27-19-6-4-5-18(15-19)20-7-2-3-12-24(20)22(26)17-10-13-23(14-11-17)21(25)16-8-9-16/h4-6,15-17,20H,2-3,7-14H2,1H3/t20-/m0/s1. The number of carbonyl (C=O) groups excluding carboxylic acids is 2. The van der Waals surface area contributed by atoms with Crippen LogP contribution in [0.25, 0.3) is 0 Å². The molecule has 0 bridgehead atoms. The molecule has 0 radical (unpaired) electrons. The highest BCUT2D eigenvalue weighted by atomic mass is 16.5. The summed E-state index contributed by atoms with van der Waals surface area (Å²) in [5.74, 6) is 1.77. The topological polar surface area (TPSA) is 49.9 Å². The van der Waals surface area contributed by atoms with Crippen LogP contribution < -0.4 is 4.74 Å².